The predicted octanol–water partition coefficient (Wildman–Crippen LogP) is 4.24. The van der Waals surface area contributed by atoms with Gasteiger partial charge in [-0.2, -0.15) is 0 Å². The van der Waals surface area contributed by atoms with E-state index in [0.717, 1.165) is 29.7 Å². The number of nitrogens with zero attached hydrogens (tertiary/aromatic N) is 4. The maximum absolute atomic E-state index is 13.2. The van der Waals surface area contributed by atoms with Gasteiger partial charge in [0, 0.05) is 29.8 Å². The van der Waals surface area contributed by atoms with Gasteiger partial charge < -0.3 is 4.90 Å². The summed E-state index contributed by atoms with van der Waals surface area (Å²) in [6.45, 7) is 3.16. The Bertz CT molecular complexity index is 1150. The van der Waals surface area contributed by atoms with Crippen molar-refractivity contribution in [2.75, 3.05) is 11.4 Å². The van der Waals surface area contributed by atoms with E-state index in [0.29, 0.717) is 43.1 Å². The number of carbonyl (C=O) groups is 2. The van der Waals surface area contributed by atoms with Crippen molar-refractivity contribution in [1.82, 2.24) is 14.9 Å². The van der Waals surface area contributed by atoms with E-state index in [1.807, 2.05) is 72.5 Å². The van der Waals surface area contributed by atoms with Crippen molar-refractivity contribution in [3.05, 3.63) is 88.9 Å². The van der Waals surface area contributed by atoms with Crippen molar-refractivity contribution in [3.63, 3.8) is 0 Å². The lowest BCUT2D eigenvalue weighted by Gasteiger charge is -2.31. The second-order valence-corrected chi connectivity index (χ2v) is 8.46. The number of likely N-dealkylation sites (tertiary alicyclic amines) is 1. The summed E-state index contributed by atoms with van der Waals surface area (Å²) in [4.78, 5) is 39.4. The molecule has 0 saturated carbocycles. The Balaban J connectivity index is 1.50. The van der Waals surface area contributed by atoms with Gasteiger partial charge in [-0.15, -0.1) is 0 Å². The molecule has 1 fully saturated rings. The first-order valence-corrected chi connectivity index (χ1v) is 11.2. The summed E-state index contributed by atoms with van der Waals surface area (Å²) in [5.74, 6) is 1.42. The van der Waals surface area contributed by atoms with Crippen LogP contribution in [0, 0.1) is 6.92 Å². The molecule has 3 aromatic rings. The van der Waals surface area contributed by atoms with Gasteiger partial charge in [-0.05, 0) is 43.9 Å². The lowest BCUT2D eigenvalue weighted by Crippen LogP contribution is -2.37. The molecule has 6 heteroatoms. The van der Waals surface area contributed by atoms with E-state index in [-0.39, 0.29) is 17.9 Å². The fourth-order valence-corrected chi connectivity index (χ4v) is 4.71. The minimum absolute atomic E-state index is 0.00397. The first kappa shape index (κ1) is 20.4. The average molecular weight is 427 g/mol. The van der Waals surface area contributed by atoms with Gasteiger partial charge in [-0.1, -0.05) is 48.5 Å². The largest absolute Gasteiger partial charge is 0.328 e. The van der Waals surface area contributed by atoms with Crippen molar-refractivity contribution in [2.45, 2.75) is 45.2 Å². The monoisotopic (exact) mass is 426 g/mol. The van der Waals surface area contributed by atoms with E-state index in [9.17, 15) is 9.59 Å². The molecule has 0 N–H and O–H groups in total. The zero-order chi connectivity index (χ0) is 22.1. The van der Waals surface area contributed by atoms with E-state index >= 15 is 0 Å². The summed E-state index contributed by atoms with van der Waals surface area (Å²) in [5, 5.41) is 0. The van der Waals surface area contributed by atoms with Crippen LogP contribution in [0.4, 0.5) is 5.82 Å². The molecule has 6 nitrogen and oxygen atoms in total. The van der Waals surface area contributed by atoms with Gasteiger partial charge in [-0.3, -0.25) is 14.5 Å². The van der Waals surface area contributed by atoms with Gasteiger partial charge in [0.25, 0.3) is 5.91 Å². The summed E-state index contributed by atoms with van der Waals surface area (Å²) in [6, 6.07) is 19.2. The summed E-state index contributed by atoms with van der Waals surface area (Å²) >= 11 is 0. The van der Waals surface area contributed by atoms with Gasteiger partial charge in [-0.25, -0.2) is 9.97 Å². The highest BCUT2D eigenvalue weighted by Gasteiger charge is 2.35. The maximum atomic E-state index is 13.2. The highest BCUT2D eigenvalue weighted by atomic mass is 16.2. The molecular weight excluding hydrogens is 400 g/mol. The molecule has 0 radical (unpaired) electrons. The minimum atomic E-state index is -0.178. The van der Waals surface area contributed by atoms with Crippen LogP contribution in [-0.4, -0.2) is 33.2 Å². The number of hydrogen-bond donors (Lipinski definition) is 0. The SMILES string of the molecule is Cc1nc([C@@H]2CCCN2C(=O)c2ccccc2)nc2c1CCC(=O)N2Cc1ccccc1. The Labute approximate surface area is 187 Å². The predicted molar refractivity (Wildman–Crippen MR) is 122 cm³/mol. The molecule has 1 saturated heterocycles. The van der Waals surface area contributed by atoms with E-state index in [4.69, 9.17) is 9.97 Å². The smallest absolute Gasteiger partial charge is 0.254 e. The van der Waals surface area contributed by atoms with Gasteiger partial charge in [0.05, 0.1) is 12.6 Å². The summed E-state index contributed by atoms with van der Waals surface area (Å²) in [7, 11) is 0. The van der Waals surface area contributed by atoms with Crippen molar-refractivity contribution in [1.29, 1.82) is 0 Å². The molecule has 3 heterocycles. The van der Waals surface area contributed by atoms with E-state index in [1.165, 1.54) is 0 Å². The molecule has 32 heavy (non-hydrogen) atoms. The second-order valence-electron chi connectivity index (χ2n) is 8.46. The average Bonchev–Trinajstić information content (AvgIpc) is 3.31. The Hall–Kier alpha value is -3.54. The first-order chi connectivity index (χ1) is 15.6. The molecule has 1 aromatic heterocycles. The van der Waals surface area contributed by atoms with Gasteiger partial charge in [0.2, 0.25) is 5.91 Å². The lowest BCUT2D eigenvalue weighted by atomic mass is 10.0. The summed E-state index contributed by atoms with van der Waals surface area (Å²) in [5.41, 5.74) is 3.67. The molecule has 0 spiro atoms. The Morgan fingerprint density at radius 3 is 2.47 bits per heavy atom. The third kappa shape index (κ3) is 3.77. The number of fused-ring (bicyclic) bond motifs is 1. The van der Waals surface area contributed by atoms with Crippen LogP contribution >= 0.6 is 0 Å². The quantitative estimate of drug-likeness (QED) is 0.626. The molecule has 2 aliphatic heterocycles. The molecule has 5 rings (SSSR count). The van der Waals surface area contributed by atoms with Crippen molar-refractivity contribution >= 4 is 17.6 Å². The van der Waals surface area contributed by atoms with Gasteiger partial charge >= 0.3 is 0 Å². The third-order valence-corrected chi connectivity index (χ3v) is 6.37. The number of aryl methyl sites for hydroxylation is 1. The topological polar surface area (TPSA) is 66.4 Å². The van der Waals surface area contributed by atoms with Crippen LogP contribution in [-0.2, 0) is 17.8 Å². The van der Waals surface area contributed by atoms with Crippen LogP contribution in [0.5, 0.6) is 0 Å². The highest BCUT2D eigenvalue weighted by Crippen LogP contribution is 2.35. The van der Waals surface area contributed by atoms with Crippen LogP contribution in [0.1, 0.15) is 58.3 Å². The molecule has 0 aliphatic carbocycles. The third-order valence-electron chi connectivity index (χ3n) is 6.37. The summed E-state index contributed by atoms with van der Waals surface area (Å²) in [6.07, 6.45) is 2.85. The zero-order valence-corrected chi connectivity index (χ0v) is 18.2. The van der Waals surface area contributed by atoms with Crippen LogP contribution in [0.3, 0.4) is 0 Å². The number of carbonyl (C=O) groups excluding carboxylic acids is 2. The van der Waals surface area contributed by atoms with E-state index in [1.54, 1.807) is 4.90 Å². The van der Waals surface area contributed by atoms with Crippen molar-refractivity contribution < 1.29 is 9.59 Å². The van der Waals surface area contributed by atoms with Gasteiger partial charge in [0.15, 0.2) is 5.82 Å². The fraction of sp³-hybridized carbons (Fsp3) is 0.308. The number of anilines is 1. The molecule has 2 amide bonds. The van der Waals surface area contributed by atoms with E-state index < -0.39 is 0 Å². The van der Waals surface area contributed by atoms with Crippen LogP contribution < -0.4 is 4.90 Å². The number of amides is 2. The van der Waals surface area contributed by atoms with Crippen molar-refractivity contribution in [3.8, 4) is 0 Å². The van der Waals surface area contributed by atoms with Crippen molar-refractivity contribution in [2.24, 2.45) is 0 Å². The first-order valence-electron chi connectivity index (χ1n) is 11.2. The number of benzene rings is 2. The molecular formula is C26H26N4O2. The Kier molecular flexibility index (Phi) is 5.43. The molecule has 162 valence electrons. The Morgan fingerprint density at radius 1 is 1.00 bits per heavy atom. The van der Waals surface area contributed by atoms with E-state index in [2.05, 4.69) is 0 Å². The summed E-state index contributed by atoms with van der Waals surface area (Å²) < 4.78 is 0. The van der Waals surface area contributed by atoms with Gasteiger partial charge in [0.1, 0.15) is 5.82 Å². The molecule has 2 aliphatic rings. The minimum Gasteiger partial charge on any atom is -0.328 e. The maximum Gasteiger partial charge on any atom is 0.254 e. The van der Waals surface area contributed by atoms with Crippen LogP contribution in [0.25, 0.3) is 0 Å². The zero-order valence-electron chi connectivity index (χ0n) is 18.2. The Morgan fingerprint density at radius 2 is 1.72 bits per heavy atom. The molecule has 0 bridgehead atoms. The van der Waals surface area contributed by atoms with Crippen LogP contribution in [0.15, 0.2) is 60.7 Å². The normalized spacial score (nSPS) is 18.0. The standard InChI is InChI=1S/C26H26N4O2/c1-18-21-14-15-23(31)30(17-19-9-4-2-5-10-19)25(21)28-24(27-18)22-13-8-16-29(22)26(32)20-11-6-3-7-12-20/h2-7,9-12,22H,8,13-17H2,1H3/t22-/m0/s1. The molecule has 0 unspecified atom stereocenters. The van der Waals surface area contributed by atoms with Crippen LogP contribution in [0.2, 0.25) is 0 Å². The number of aromatic nitrogens is 2. The highest BCUT2D eigenvalue weighted by molar-refractivity contribution is 5.96. The number of rotatable bonds is 4. The lowest BCUT2D eigenvalue weighted by molar-refractivity contribution is -0.119. The fourth-order valence-electron chi connectivity index (χ4n) is 4.71. The molecule has 1 atom stereocenters. The second kappa shape index (κ2) is 8.54. The molecule has 2 aromatic carbocycles. The number of hydrogen-bond acceptors (Lipinski definition) is 4.